The molecule has 2 aliphatic heterocycles. The van der Waals surface area contributed by atoms with E-state index in [0.29, 0.717) is 26.2 Å². The van der Waals surface area contributed by atoms with Gasteiger partial charge in [-0.15, -0.1) is 8.57 Å². The molecule has 2 aliphatic rings. The van der Waals surface area contributed by atoms with E-state index in [1.165, 1.54) is 12.7 Å². The molecule has 130 valence electrons. The summed E-state index contributed by atoms with van der Waals surface area (Å²) in [5.41, 5.74) is 0. The monoisotopic (exact) mass is 374 g/mol. The average Bonchev–Trinajstić information content (AvgIpc) is 3.20. The Labute approximate surface area is 139 Å². The molecule has 0 aromatic heterocycles. The maximum Gasteiger partial charge on any atom is 0.317 e. The van der Waals surface area contributed by atoms with E-state index in [2.05, 4.69) is 9.98 Å². The van der Waals surface area contributed by atoms with Crippen LogP contribution in [0.3, 0.4) is 0 Å². The normalized spacial score (nSPS) is 17.8. The summed E-state index contributed by atoms with van der Waals surface area (Å²) in [5.74, 6) is 0. The Morgan fingerprint density at radius 2 is 1.12 bits per heavy atom. The first-order valence-corrected chi connectivity index (χ1v) is 9.71. The van der Waals surface area contributed by atoms with Crippen molar-refractivity contribution in [3.8, 4) is 0 Å². The molecule has 0 radical (unpaired) electrons. The fourth-order valence-electron chi connectivity index (χ4n) is 1.95. The van der Waals surface area contributed by atoms with Gasteiger partial charge in [0.1, 0.15) is 12.7 Å². The zero-order valence-electron chi connectivity index (χ0n) is 12.3. The molecule has 0 amide bonds. The van der Waals surface area contributed by atoms with Crippen LogP contribution in [0.25, 0.3) is 0 Å². The highest BCUT2D eigenvalue weighted by Crippen LogP contribution is 2.19. The van der Waals surface area contributed by atoms with E-state index in [-0.39, 0.29) is 9.79 Å². The zero-order chi connectivity index (χ0) is 17.2. The molecule has 0 fully saturated rings. The second-order valence-electron chi connectivity index (χ2n) is 4.85. The molecule has 1 aromatic rings. The molecule has 0 N–H and O–H groups in total. The molecule has 0 aliphatic carbocycles. The number of benzene rings is 1. The third-order valence-electron chi connectivity index (χ3n) is 3.11. The van der Waals surface area contributed by atoms with Crippen LogP contribution in [0.2, 0.25) is 0 Å². The highest BCUT2D eigenvalue weighted by molar-refractivity contribution is 7.87. The van der Waals surface area contributed by atoms with E-state index >= 15 is 0 Å². The van der Waals surface area contributed by atoms with Gasteiger partial charge in [0.2, 0.25) is 0 Å². The van der Waals surface area contributed by atoms with Crippen LogP contribution >= 0.6 is 0 Å². The maximum absolute atomic E-state index is 12.1. The minimum absolute atomic E-state index is 0.176. The predicted octanol–water partition coefficient (Wildman–Crippen LogP) is -0.385. The van der Waals surface area contributed by atoms with E-state index in [1.54, 1.807) is 0 Å². The van der Waals surface area contributed by atoms with Gasteiger partial charge in [-0.05, 0) is 24.3 Å². The van der Waals surface area contributed by atoms with Crippen LogP contribution in [0.15, 0.2) is 44.0 Å². The first kappa shape index (κ1) is 16.8. The average molecular weight is 374 g/mol. The fraction of sp³-hybridized carbons (Fsp3) is 0.333. The lowest BCUT2D eigenvalue weighted by molar-refractivity contribution is 0.0451. The molecule has 12 heteroatoms. The fourth-order valence-corrected chi connectivity index (χ4v) is 3.79. The van der Waals surface area contributed by atoms with Gasteiger partial charge in [0.25, 0.3) is 0 Å². The van der Waals surface area contributed by atoms with Crippen LogP contribution in [0.1, 0.15) is 0 Å². The molecule has 0 bridgehead atoms. The van der Waals surface area contributed by atoms with Crippen molar-refractivity contribution in [3.63, 3.8) is 0 Å². The molecular weight excluding hydrogens is 360 g/mol. The molecule has 3 rings (SSSR count). The van der Waals surface area contributed by atoms with Gasteiger partial charge in [0, 0.05) is 0 Å². The summed E-state index contributed by atoms with van der Waals surface area (Å²) in [4.78, 5) is 7.32. The standard InChI is InChI=1S/C12H14N4O6S2/c17-23(18,21-15-7-5-13-9-15)11-1-2-12(4-3-11)24(19,20)22-16-8-6-14-10-16/h1-4,9-10H,5-8H2. The second kappa shape index (κ2) is 6.47. The zero-order valence-corrected chi connectivity index (χ0v) is 14.0. The van der Waals surface area contributed by atoms with Gasteiger partial charge in [-0.2, -0.15) is 16.8 Å². The van der Waals surface area contributed by atoms with Crippen molar-refractivity contribution in [2.45, 2.75) is 9.79 Å². The van der Waals surface area contributed by atoms with Crippen LogP contribution in [0, 0.1) is 0 Å². The van der Waals surface area contributed by atoms with Crippen LogP contribution in [0.5, 0.6) is 0 Å². The third-order valence-corrected chi connectivity index (χ3v) is 5.58. The molecule has 0 unspecified atom stereocenters. The molecule has 24 heavy (non-hydrogen) atoms. The third kappa shape index (κ3) is 3.72. The van der Waals surface area contributed by atoms with Gasteiger partial charge >= 0.3 is 20.2 Å². The van der Waals surface area contributed by atoms with E-state index in [9.17, 15) is 16.8 Å². The SMILES string of the molecule is O=S(=O)(ON1C=NCC1)c1ccc(S(=O)(=O)ON2C=NCC2)cc1. The number of rotatable bonds is 6. The smallest absolute Gasteiger partial charge is 0.271 e. The van der Waals surface area contributed by atoms with Gasteiger partial charge < -0.3 is 0 Å². The Morgan fingerprint density at radius 1 is 0.750 bits per heavy atom. The summed E-state index contributed by atoms with van der Waals surface area (Å²) in [6.07, 6.45) is 2.56. The highest BCUT2D eigenvalue weighted by atomic mass is 32.2. The number of nitrogens with zero attached hydrogens (tertiary/aromatic N) is 4. The number of aliphatic imine (C=N–C) groups is 2. The molecule has 0 saturated carbocycles. The Kier molecular flexibility index (Phi) is 4.54. The van der Waals surface area contributed by atoms with Crippen molar-refractivity contribution in [3.05, 3.63) is 24.3 Å². The predicted molar refractivity (Wildman–Crippen MR) is 83.1 cm³/mol. The van der Waals surface area contributed by atoms with Crippen LogP contribution in [-0.4, -0.2) is 65.8 Å². The molecule has 1 aromatic carbocycles. The van der Waals surface area contributed by atoms with Gasteiger partial charge in [-0.25, -0.2) is 10.1 Å². The minimum Gasteiger partial charge on any atom is -0.271 e. The Bertz CT molecular complexity index is 790. The molecular formula is C12H14N4O6S2. The van der Waals surface area contributed by atoms with Crippen molar-refractivity contribution in [2.75, 3.05) is 26.2 Å². The van der Waals surface area contributed by atoms with E-state index in [0.717, 1.165) is 34.4 Å². The first-order valence-electron chi connectivity index (χ1n) is 6.89. The summed E-state index contributed by atoms with van der Waals surface area (Å²) in [5, 5.41) is 2.19. The van der Waals surface area contributed by atoms with Crippen molar-refractivity contribution in [1.82, 2.24) is 10.1 Å². The number of hydrogen-bond acceptors (Lipinski definition) is 10. The van der Waals surface area contributed by atoms with Crippen molar-refractivity contribution in [2.24, 2.45) is 9.98 Å². The lowest BCUT2D eigenvalue weighted by Crippen LogP contribution is -2.25. The second-order valence-corrected chi connectivity index (χ2v) is 7.91. The van der Waals surface area contributed by atoms with Crippen LogP contribution < -0.4 is 0 Å². The van der Waals surface area contributed by atoms with Gasteiger partial charge in [0.05, 0.1) is 36.0 Å². The maximum atomic E-state index is 12.1. The van der Waals surface area contributed by atoms with Crippen LogP contribution in [0.4, 0.5) is 0 Å². The quantitative estimate of drug-likeness (QED) is 0.661. The molecule has 0 saturated heterocycles. The highest BCUT2D eigenvalue weighted by Gasteiger charge is 2.24. The van der Waals surface area contributed by atoms with E-state index in [4.69, 9.17) is 8.57 Å². The summed E-state index contributed by atoms with van der Waals surface area (Å²) in [6.45, 7) is 1.56. The first-order chi connectivity index (χ1) is 11.4. The molecule has 0 atom stereocenters. The van der Waals surface area contributed by atoms with Crippen molar-refractivity contribution >= 4 is 32.9 Å². The van der Waals surface area contributed by atoms with E-state index in [1.807, 2.05) is 0 Å². The van der Waals surface area contributed by atoms with Crippen molar-refractivity contribution in [1.29, 1.82) is 0 Å². The Balaban J connectivity index is 1.74. The Hall–Kier alpha value is -2.02. The molecule has 2 heterocycles. The van der Waals surface area contributed by atoms with Gasteiger partial charge in [-0.1, -0.05) is 0 Å². The molecule has 0 spiro atoms. The summed E-state index contributed by atoms with van der Waals surface area (Å²) in [6, 6.07) is 4.54. The lowest BCUT2D eigenvalue weighted by atomic mass is 10.4. The summed E-state index contributed by atoms with van der Waals surface area (Å²) < 4.78 is 58.1. The number of hydroxylamine groups is 4. The molecule has 10 nitrogen and oxygen atoms in total. The topological polar surface area (TPSA) is 118 Å². The lowest BCUT2D eigenvalue weighted by Gasteiger charge is -2.14. The van der Waals surface area contributed by atoms with Crippen molar-refractivity contribution < 1.29 is 25.4 Å². The van der Waals surface area contributed by atoms with Gasteiger partial charge in [0.15, 0.2) is 0 Å². The minimum atomic E-state index is -4.06. The Morgan fingerprint density at radius 3 is 1.42 bits per heavy atom. The summed E-state index contributed by atoms with van der Waals surface area (Å²) >= 11 is 0. The number of hydrogen-bond donors (Lipinski definition) is 0. The van der Waals surface area contributed by atoms with Gasteiger partial charge in [-0.3, -0.25) is 9.98 Å². The van der Waals surface area contributed by atoms with Crippen LogP contribution in [-0.2, 0) is 28.8 Å². The largest absolute Gasteiger partial charge is 0.317 e. The van der Waals surface area contributed by atoms with E-state index < -0.39 is 20.2 Å². The summed E-state index contributed by atoms with van der Waals surface area (Å²) in [7, 11) is -8.12.